The first kappa shape index (κ1) is 13.0. The van der Waals surface area contributed by atoms with Crippen LogP contribution in [-0.2, 0) is 11.3 Å². The summed E-state index contributed by atoms with van der Waals surface area (Å²) < 4.78 is 1.40. The van der Waals surface area contributed by atoms with Crippen LogP contribution in [0.15, 0.2) is 28.4 Å². The quantitative estimate of drug-likeness (QED) is 0.718. The number of carbonyl (C=O) groups is 1. The Bertz CT molecular complexity index is 540. The molecule has 2 N–H and O–H groups in total. The molecule has 0 aliphatic carbocycles. The number of rotatable bonds is 4. The minimum absolute atomic E-state index is 0.0618. The second-order valence-corrected chi connectivity index (χ2v) is 3.84. The highest BCUT2D eigenvalue weighted by molar-refractivity contribution is 5.86. The lowest BCUT2D eigenvalue weighted by Crippen LogP contribution is -2.35. The molecule has 0 aromatic carbocycles. The zero-order valence-corrected chi connectivity index (χ0v) is 9.82. The fraction of sp³-hybridized carbons (Fsp3) is 0.364. The van der Waals surface area contributed by atoms with Crippen molar-refractivity contribution in [2.45, 2.75) is 26.4 Å². The van der Waals surface area contributed by atoms with Crippen LogP contribution in [0.1, 0.15) is 25.5 Å². The second kappa shape index (κ2) is 5.29. The van der Waals surface area contributed by atoms with Crippen LogP contribution in [0.5, 0.6) is 0 Å². The molecule has 0 radical (unpaired) electrons. The van der Waals surface area contributed by atoms with Gasteiger partial charge in [-0.3, -0.25) is 19.1 Å². The lowest BCUT2D eigenvalue weighted by atomic mass is 10.3. The smallest absolute Gasteiger partial charge is 0.328 e. The van der Waals surface area contributed by atoms with E-state index in [1.165, 1.54) is 10.8 Å². The van der Waals surface area contributed by atoms with Crippen molar-refractivity contribution >= 4 is 5.91 Å². The third kappa shape index (κ3) is 3.17. The number of aromatic amines is 1. The number of hydrogen-bond donors (Lipinski definition) is 2. The lowest BCUT2D eigenvalue weighted by molar-refractivity contribution is -0.116. The Morgan fingerprint density at radius 1 is 1.59 bits per heavy atom. The predicted molar refractivity (Wildman–Crippen MR) is 63.8 cm³/mol. The Hall–Kier alpha value is -2.11. The van der Waals surface area contributed by atoms with Crippen LogP contribution in [0, 0.1) is 0 Å². The molecule has 1 rings (SSSR count). The summed E-state index contributed by atoms with van der Waals surface area (Å²) in [5.41, 5.74) is -0.617. The van der Waals surface area contributed by atoms with Gasteiger partial charge < -0.3 is 5.32 Å². The fourth-order valence-electron chi connectivity index (χ4n) is 1.29. The maximum absolute atomic E-state index is 11.5. The van der Waals surface area contributed by atoms with E-state index in [2.05, 4.69) is 16.9 Å². The van der Waals surface area contributed by atoms with E-state index in [9.17, 15) is 14.4 Å². The van der Waals surface area contributed by atoms with Crippen LogP contribution in [-0.4, -0.2) is 15.5 Å². The van der Waals surface area contributed by atoms with Gasteiger partial charge >= 0.3 is 5.69 Å². The van der Waals surface area contributed by atoms with E-state index in [0.29, 0.717) is 5.56 Å². The molecule has 0 atom stereocenters. The number of aromatic nitrogens is 2. The van der Waals surface area contributed by atoms with E-state index in [-0.39, 0.29) is 18.5 Å². The summed E-state index contributed by atoms with van der Waals surface area (Å²) in [5.74, 6) is -0.369. The summed E-state index contributed by atoms with van der Waals surface area (Å²) in [5, 5.41) is 2.48. The highest BCUT2D eigenvalue weighted by atomic mass is 16.2. The van der Waals surface area contributed by atoms with Gasteiger partial charge in [0, 0.05) is 18.8 Å². The van der Waals surface area contributed by atoms with E-state index in [0.717, 1.165) is 6.08 Å². The van der Waals surface area contributed by atoms with Gasteiger partial charge in [0.15, 0.2) is 0 Å². The van der Waals surface area contributed by atoms with Gasteiger partial charge in [-0.2, -0.15) is 0 Å². The third-order valence-corrected chi connectivity index (χ3v) is 2.24. The molecule has 0 aliphatic rings. The van der Waals surface area contributed by atoms with Crippen LogP contribution >= 0.6 is 0 Å². The molecule has 1 heterocycles. The topological polar surface area (TPSA) is 84.0 Å². The standard InChI is InChI=1S/C11H15N3O3/c1-4-9(15)12-5-8-6-14(7(2)3)11(17)13-10(8)16/h4,6-7H,1,5H2,2-3H3,(H,12,15)(H,13,16,17). The Morgan fingerprint density at radius 3 is 2.76 bits per heavy atom. The van der Waals surface area contributed by atoms with E-state index >= 15 is 0 Å². The van der Waals surface area contributed by atoms with Gasteiger partial charge in [-0.05, 0) is 19.9 Å². The summed E-state index contributed by atoms with van der Waals surface area (Å²) >= 11 is 0. The van der Waals surface area contributed by atoms with Crippen molar-refractivity contribution in [2.75, 3.05) is 0 Å². The molecule has 0 unspecified atom stereocenters. The van der Waals surface area contributed by atoms with Crippen molar-refractivity contribution in [1.82, 2.24) is 14.9 Å². The molecule has 0 saturated carbocycles. The molecule has 0 saturated heterocycles. The van der Waals surface area contributed by atoms with E-state index in [1.807, 2.05) is 13.8 Å². The molecular formula is C11H15N3O3. The summed E-state index contributed by atoms with van der Waals surface area (Å²) in [6.45, 7) is 7.02. The summed E-state index contributed by atoms with van der Waals surface area (Å²) in [6, 6.07) is -0.0618. The Morgan fingerprint density at radius 2 is 2.24 bits per heavy atom. The fourth-order valence-corrected chi connectivity index (χ4v) is 1.29. The maximum Gasteiger partial charge on any atom is 0.328 e. The largest absolute Gasteiger partial charge is 0.348 e. The highest BCUT2D eigenvalue weighted by Gasteiger charge is 2.07. The summed E-state index contributed by atoms with van der Waals surface area (Å²) in [6.07, 6.45) is 2.57. The van der Waals surface area contributed by atoms with Crippen molar-refractivity contribution in [3.8, 4) is 0 Å². The monoisotopic (exact) mass is 237 g/mol. The number of carbonyl (C=O) groups excluding carboxylic acids is 1. The SMILES string of the molecule is C=CC(=O)NCc1cn(C(C)C)c(=O)[nH]c1=O. The molecule has 0 spiro atoms. The normalized spacial score (nSPS) is 10.3. The average molecular weight is 237 g/mol. The Kier molecular flexibility index (Phi) is 4.03. The number of H-pyrrole nitrogens is 1. The minimum Gasteiger partial charge on any atom is -0.348 e. The van der Waals surface area contributed by atoms with Crippen molar-refractivity contribution in [1.29, 1.82) is 0 Å². The molecule has 6 nitrogen and oxygen atoms in total. The molecule has 17 heavy (non-hydrogen) atoms. The molecule has 0 aliphatic heterocycles. The first-order chi connectivity index (χ1) is 7.95. The van der Waals surface area contributed by atoms with E-state index in [4.69, 9.17) is 0 Å². The summed E-state index contributed by atoms with van der Waals surface area (Å²) in [4.78, 5) is 36.1. The molecule has 1 aromatic heterocycles. The predicted octanol–water partition coefficient (Wildman–Crippen LogP) is -0.0803. The number of amides is 1. The molecule has 1 amide bonds. The van der Waals surface area contributed by atoms with Gasteiger partial charge in [0.1, 0.15) is 0 Å². The Labute approximate surface area is 98.0 Å². The lowest BCUT2D eigenvalue weighted by Gasteiger charge is -2.10. The van der Waals surface area contributed by atoms with Crippen molar-refractivity contribution in [3.63, 3.8) is 0 Å². The highest BCUT2D eigenvalue weighted by Crippen LogP contribution is 1.98. The molecule has 0 bridgehead atoms. The first-order valence-electron chi connectivity index (χ1n) is 5.20. The van der Waals surface area contributed by atoms with Gasteiger partial charge in [0.05, 0.1) is 5.56 Å². The van der Waals surface area contributed by atoms with Gasteiger partial charge in [-0.15, -0.1) is 0 Å². The van der Waals surface area contributed by atoms with Crippen molar-refractivity contribution in [2.24, 2.45) is 0 Å². The summed E-state index contributed by atoms with van der Waals surface area (Å²) in [7, 11) is 0. The van der Waals surface area contributed by atoms with Crippen LogP contribution in [0.3, 0.4) is 0 Å². The molecule has 6 heteroatoms. The van der Waals surface area contributed by atoms with Crippen molar-refractivity contribution < 1.29 is 4.79 Å². The number of nitrogens with zero attached hydrogens (tertiary/aromatic N) is 1. The van der Waals surface area contributed by atoms with Crippen LogP contribution < -0.4 is 16.6 Å². The molecular weight excluding hydrogens is 222 g/mol. The Balaban J connectivity index is 3.04. The van der Waals surface area contributed by atoms with E-state index in [1.54, 1.807) is 0 Å². The van der Waals surface area contributed by atoms with E-state index < -0.39 is 11.2 Å². The third-order valence-electron chi connectivity index (χ3n) is 2.24. The molecule has 1 aromatic rings. The molecule has 92 valence electrons. The van der Waals surface area contributed by atoms with Gasteiger partial charge in [0.2, 0.25) is 5.91 Å². The van der Waals surface area contributed by atoms with Gasteiger partial charge in [-0.1, -0.05) is 6.58 Å². The van der Waals surface area contributed by atoms with Gasteiger partial charge in [0.25, 0.3) is 5.56 Å². The second-order valence-electron chi connectivity index (χ2n) is 3.84. The van der Waals surface area contributed by atoms with Crippen LogP contribution in [0.2, 0.25) is 0 Å². The van der Waals surface area contributed by atoms with Gasteiger partial charge in [-0.25, -0.2) is 4.79 Å². The first-order valence-corrected chi connectivity index (χ1v) is 5.20. The number of hydrogen-bond acceptors (Lipinski definition) is 3. The number of nitrogens with one attached hydrogen (secondary N) is 2. The molecule has 0 fully saturated rings. The average Bonchev–Trinajstić information content (AvgIpc) is 2.26. The van der Waals surface area contributed by atoms with Crippen LogP contribution in [0.25, 0.3) is 0 Å². The zero-order valence-electron chi connectivity index (χ0n) is 9.82. The zero-order chi connectivity index (χ0) is 13.0. The minimum atomic E-state index is -0.490. The van der Waals surface area contributed by atoms with Crippen molar-refractivity contribution in [3.05, 3.63) is 45.3 Å². The van der Waals surface area contributed by atoms with Crippen LogP contribution in [0.4, 0.5) is 0 Å². The maximum atomic E-state index is 11.5.